The van der Waals surface area contributed by atoms with Crippen molar-refractivity contribution >= 4 is 5.91 Å². The van der Waals surface area contributed by atoms with E-state index in [1.165, 1.54) is 24.3 Å². The second-order valence-electron chi connectivity index (χ2n) is 6.73. The summed E-state index contributed by atoms with van der Waals surface area (Å²) in [5.41, 5.74) is 0.0971. The molecule has 1 aliphatic heterocycles. The molecule has 0 spiro atoms. The summed E-state index contributed by atoms with van der Waals surface area (Å²) in [6.45, 7) is 1.66. The summed E-state index contributed by atoms with van der Waals surface area (Å²) in [6.07, 6.45) is 1.11. The molecular formula is C21H23F2NO3. The van der Waals surface area contributed by atoms with E-state index in [-0.39, 0.29) is 17.5 Å². The summed E-state index contributed by atoms with van der Waals surface area (Å²) in [5, 5.41) is 0. The third kappa shape index (κ3) is 4.45. The summed E-state index contributed by atoms with van der Waals surface area (Å²) in [5.74, 6) is -0.124. The minimum absolute atomic E-state index is 0.0277. The van der Waals surface area contributed by atoms with E-state index in [2.05, 4.69) is 0 Å². The standard InChI is InChI=1S/C21H23F2NO3/c1-24(12-15-27-19-8-6-18(23)7-9-19)20(25)21(10-13-26-14-11-21)16-2-4-17(22)5-3-16/h2-9H,10-15H2,1H3. The molecule has 1 fully saturated rings. The molecular weight excluding hydrogens is 352 g/mol. The SMILES string of the molecule is CN(CCOc1ccc(F)cc1)C(=O)C1(c2ccc(F)cc2)CCOCC1. The number of nitrogens with zero attached hydrogens (tertiary/aromatic N) is 1. The van der Waals surface area contributed by atoms with Gasteiger partial charge < -0.3 is 14.4 Å². The summed E-state index contributed by atoms with van der Waals surface area (Å²) in [4.78, 5) is 14.9. The molecule has 6 heteroatoms. The van der Waals surface area contributed by atoms with Crippen molar-refractivity contribution in [1.29, 1.82) is 0 Å². The van der Waals surface area contributed by atoms with E-state index in [0.29, 0.717) is 45.0 Å². The van der Waals surface area contributed by atoms with Crippen LogP contribution >= 0.6 is 0 Å². The van der Waals surface area contributed by atoms with Crippen molar-refractivity contribution in [3.8, 4) is 5.75 Å². The lowest BCUT2D eigenvalue weighted by Crippen LogP contribution is -2.49. The minimum atomic E-state index is -0.712. The predicted octanol–water partition coefficient (Wildman–Crippen LogP) is 3.55. The number of ether oxygens (including phenoxy) is 2. The molecule has 0 saturated carbocycles. The lowest BCUT2D eigenvalue weighted by Gasteiger charge is -2.39. The van der Waals surface area contributed by atoms with E-state index < -0.39 is 5.41 Å². The Labute approximate surface area is 157 Å². The van der Waals surface area contributed by atoms with Crippen molar-refractivity contribution < 1.29 is 23.0 Å². The quantitative estimate of drug-likeness (QED) is 0.775. The molecule has 144 valence electrons. The van der Waals surface area contributed by atoms with Gasteiger partial charge in [-0.15, -0.1) is 0 Å². The summed E-state index contributed by atoms with van der Waals surface area (Å²) < 4.78 is 37.3. The number of halogens is 2. The monoisotopic (exact) mass is 375 g/mol. The highest BCUT2D eigenvalue weighted by Crippen LogP contribution is 2.36. The highest BCUT2D eigenvalue weighted by Gasteiger charge is 2.43. The molecule has 27 heavy (non-hydrogen) atoms. The number of likely N-dealkylation sites (N-methyl/N-ethyl adjacent to an activating group) is 1. The fraction of sp³-hybridized carbons (Fsp3) is 0.381. The van der Waals surface area contributed by atoms with Crippen LogP contribution in [-0.2, 0) is 14.9 Å². The Balaban J connectivity index is 1.67. The van der Waals surface area contributed by atoms with Crippen molar-refractivity contribution in [3.05, 3.63) is 65.7 Å². The molecule has 4 nitrogen and oxygen atoms in total. The fourth-order valence-electron chi connectivity index (χ4n) is 3.41. The molecule has 0 radical (unpaired) electrons. The topological polar surface area (TPSA) is 38.8 Å². The van der Waals surface area contributed by atoms with Gasteiger partial charge in [-0.05, 0) is 54.8 Å². The van der Waals surface area contributed by atoms with Gasteiger partial charge in [-0.3, -0.25) is 4.79 Å². The third-order valence-electron chi connectivity index (χ3n) is 5.01. The van der Waals surface area contributed by atoms with E-state index in [1.54, 1.807) is 36.2 Å². The Morgan fingerprint density at radius 3 is 2.19 bits per heavy atom. The van der Waals surface area contributed by atoms with Crippen LogP contribution < -0.4 is 4.74 Å². The lowest BCUT2D eigenvalue weighted by molar-refractivity contribution is -0.140. The number of benzene rings is 2. The second kappa shape index (κ2) is 8.48. The van der Waals surface area contributed by atoms with Gasteiger partial charge in [-0.1, -0.05) is 12.1 Å². The van der Waals surface area contributed by atoms with Gasteiger partial charge in [0, 0.05) is 20.3 Å². The van der Waals surface area contributed by atoms with Gasteiger partial charge >= 0.3 is 0 Å². The third-order valence-corrected chi connectivity index (χ3v) is 5.01. The van der Waals surface area contributed by atoms with E-state index >= 15 is 0 Å². The van der Waals surface area contributed by atoms with E-state index in [4.69, 9.17) is 9.47 Å². The molecule has 1 saturated heterocycles. The largest absolute Gasteiger partial charge is 0.492 e. The molecule has 0 aromatic heterocycles. The number of rotatable bonds is 6. The highest BCUT2D eigenvalue weighted by atomic mass is 19.1. The Morgan fingerprint density at radius 2 is 1.59 bits per heavy atom. The van der Waals surface area contributed by atoms with Crippen molar-refractivity contribution in [3.63, 3.8) is 0 Å². The zero-order chi connectivity index (χ0) is 19.3. The highest BCUT2D eigenvalue weighted by molar-refractivity contribution is 5.88. The Kier molecular flexibility index (Phi) is 6.06. The summed E-state index contributed by atoms with van der Waals surface area (Å²) in [7, 11) is 1.73. The van der Waals surface area contributed by atoms with Crippen molar-refractivity contribution in [2.45, 2.75) is 18.3 Å². The zero-order valence-corrected chi connectivity index (χ0v) is 15.3. The molecule has 3 rings (SSSR count). The van der Waals surface area contributed by atoms with Crippen LogP contribution in [0.3, 0.4) is 0 Å². The van der Waals surface area contributed by atoms with Gasteiger partial charge in [0.15, 0.2) is 0 Å². The smallest absolute Gasteiger partial charge is 0.233 e. The Morgan fingerprint density at radius 1 is 1.04 bits per heavy atom. The van der Waals surface area contributed by atoms with Crippen molar-refractivity contribution in [2.75, 3.05) is 33.4 Å². The first kappa shape index (κ1) is 19.3. The van der Waals surface area contributed by atoms with Gasteiger partial charge in [0.1, 0.15) is 24.0 Å². The summed E-state index contributed by atoms with van der Waals surface area (Å²) >= 11 is 0. The van der Waals surface area contributed by atoms with Crippen LogP contribution in [0.5, 0.6) is 5.75 Å². The fourth-order valence-corrected chi connectivity index (χ4v) is 3.41. The predicted molar refractivity (Wildman–Crippen MR) is 97.7 cm³/mol. The van der Waals surface area contributed by atoms with E-state index in [0.717, 1.165) is 5.56 Å². The first-order valence-electron chi connectivity index (χ1n) is 8.99. The van der Waals surface area contributed by atoms with Crippen molar-refractivity contribution in [1.82, 2.24) is 4.90 Å². The van der Waals surface area contributed by atoms with E-state index in [1.807, 2.05) is 0 Å². The average molecular weight is 375 g/mol. The van der Waals surface area contributed by atoms with Crippen LogP contribution in [0.15, 0.2) is 48.5 Å². The molecule has 0 bridgehead atoms. The van der Waals surface area contributed by atoms with Crippen LogP contribution in [-0.4, -0.2) is 44.2 Å². The summed E-state index contributed by atoms with van der Waals surface area (Å²) in [6, 6.07) is 11.9. The van der Waals surface area contributed by atoms with Gasteiger partial charge in [0.2, 0.25) is 5.91 Å². The van der Waals surface area contributed by atoms with Crippen LogP contribution in [0.25, 0.3) is 0 Å². The van der Waals surface area contributed by atoms with Crippen LogP contribution in [0.4, 0.5) is 8.78 Å². The molecule has 1 heterocycles. The van der Waals surface area contributed by atoms with Crippen LogP contribution in [0, 0.1) is 11.6 Å². The molecule has 1 aliphatic rings. The molecule has 0 N–H and O–H groups in total. The maximum absolute atomic E-state index is 13.3. The number of carbonyl (C=O) groups excluding carboxylic acids is 1. The minimum Gasteiger partial charge on any atom is -0.492 e. The molecule has 0 unspecified atom stereocenters. The van der Waals surface area contributed by atoms with Crippen LogP contribution in [0.2, 0.25) is 0 Å². The second-order valence-corrected chi connectivity index (χ2v) is 6.73. The number of hydrogen-bond acceptors (Lipinski definition) is 3. The first-order chi connectivity index (χ1) is 13.0. The van der Waals surface area contributed by atoms with Gasteiger partial charge in [0.05, 0.1) is 12.0 Å². The maximum atomic E-state index is 13.3. The lowest BCUT2D eigenvalue weighted by atomic mass is 9.73. The van der Waals surface area contributed by atoms with E-state index in [9.17, 15) is 13.6 Å². The number of carbonyl (C=O) groups is 1. The maximum Gasteiger partial charge on any atom is 0.233 e. The molecule has 2 aromatic rings. The van der Waals surface area contributed by atoms with Gasteiger partial charge in [0.25, 0.3) is 0 Å². The van der Waals surface area contributed by atoms with Crippen LogP contribution in [0.1, 0.15) is 18.4 Å². The van der Waals surface area contributed by atoms with Gasteiger partial charge in [-0.2, -0.15) is 0 Å². The number of hydrogen-bond donors (Lipinski definition) is 0. The first-order valence-corrected chi connectivity index (χ1v) is 8.99. The Bertz CT molecular complexity index is 756. The van der Waals surface area contributed by atoms with Gasteiger partial charge in [-0.25, -0.2) is 8.78 Å². The number of amides is 1. The average Bonchev–Trinajstić information content (AvgIpc) is 2.70. The normalized spacial score (nSPS) is 16.0. The molecule has 2 aromatic carbocycles. The van der Waals surface area contributed by atoms with Crippen molar-refractivity contribution in [2.24, 2.45) is 0 Å². The Hall–Kier alpha value is -2.47. The zero-order valence-electron chi connectivity index (χ0n) is 15.3. The molecule has 1 amide bonds. The molecule has 0 atom stereocenters. The molecule has 0 aliphatic carbocycles.